The number of likely N-dealkylation sites (tertiary alicyclic amines) is 1. The van der Waals surface area contributed by atoms with Crippen LogP contribution in [0, 0.1) is 11.3 Å². The van der Waals surface area contributed by atoms with E-state index in [0.29, 0.717) is 24.8 Å². The lowest BCUT2D eigenvalue weighted by molar-refractivity contribution is -0.134. The Morgan fingerprint density at radius 3 is 2.52 bits per heavy atom. The quantitative estimate of drug-likeness (QED) is 0.725. The Morgan fingerprint density at radius 1 is 1.26 bits per heavy atom. The standard InChI is InChI=1S/C21H29ClN2O3/c1-21(14-23-19(25)13-22)7-9-24(10-8-21)20(26)12-16-11-18(16)15-3-5-17(27-2)6-4-15/h3-6,16,18H,7-14H2,1-2H3,(H,23,25)/t16-,18-/m0/s1. The minimum absolute atomic E-state index is 0.00254. The molecule has 2 amide bonds. The van der Waals surface area contributed by atoms with Gasteiger partial charge in [-0.3, -0.25) is 9.59 Å². The lowest BCUT2D eigenvalue weighted by Gasteiger charge is -2.39. The number of amides is 2. The minimum atomic E-state index is -0.130. The summed E-state index contributed by atoms with van der Waals surface area (Å²) < 4.78 is 5.20. The number of alkyl halides is 1. The van der Waals surface area contributed by atoms with E-state index in [1.54, 1.807) is 7.11 Å². The SMILES string of the molecule is COc1ccc([C@@H]2C[C@H]2CC(=O)N2CCC(C)(CNC(=O)CCl)CC2)cc1. The smallest absolute Gasteiger partial charge is 0.234 e. The Morgan fingerprint density at radius 2 is 1.93 bits per heavy atom. The van der Waals surface area contributed by atoms with E-state index in [-0.39, 0.29) is 23.1 Å². The first-order valence-electron chi connectivity index (χ1n) is 9.68. The molecule has 3 rings (SSSR count). The number of carbonyl (C=O) groups is 2. The molecule has 1 aromatic rings. The molecule has 1 aliphatic carbocycles. The number of halogens is 1. The fraction of sp³-hybridized carbons (Fsp3) is 0.619. The molecule has 5 nitrogen and oxygen atoms in total. The predicted octanol–water partition coefficient (Wildman–Crippen LogP) is 3.17. The van der Waals surface area contributed by atoms with Gasteiger partial charge in [-0.05, 0) is 54.2 Å². The Bertz CT molecular complexity index is 669. The highest BCUT2D eigenvalue weighted by atomic mass is 35.5. The van der Waals surface area contributed by atoms with Crippen molar-refractivity contribution in [1.29, 1.82) is 0 Å². The second kappa shape index (κ2) is 8.51. The average molecular weight is 393 g/mol. The molecule has 0 spiro atoms. The largest absolute Gasteiger partial charge is 0.497 e. The molecule has 0 aromatic heterocycles. The zero-order chi connectivity index (χ0) is 19.4. The third kappa shape index (κ3) is 5.16. The molecule has 2 fully saturated rings. The number of nitrogens with zero attached hydrogens (tertiary/aromatic N) is 1. The van der Waals surface area contributed by atoms with Crippen LogP contribution in [0.15, 0.2) is 24.3 Å². The van der Waals surface area contributed by atoms with Crippen molar-refractivity contribution in [3.63, 3.8) is 0 Å². The highest BCUT2D eigenvalue weighted by Crippen LogP contribution is 2.50. The fourth-order valence-corrected chi connectivity index (χ4v) is 4.01. The number of benzene rings is 1. The van der Waals surface area contributed by atoms with Crippen LogP contribution < -0.4 is 10.1 Å². The molecule has 1 aromatic carbocycles. The highest BCUT2D eigenvalue weighted by molar-refractivity contribution is 6.27. The van der Waals surface area contributed by atoms with E-state index in [0.717, 1.165) is 38.1 Å². The zero-order valence-corrected chi connectivity index (χ0v) is 16.9. The van der Waals surface area contributed by atoms with Gasteiger partial charge in [0.25, 0.3) is 0 Å². The summed E-state index contributed by atoms with van der Waals surface area (Å²) in [5.74, 6) is 1.96. The average Bonchev–Trinajstić information content (AvgIpc) is 3.45. The Kier molecular flexibility index (Phi) is 6.30. The maximum atomic E-state index is 12.7. The molecule has 1 aliphatic heterocycles. The molecule has 1 saturated carbocycles. The van der Waals surface area contributed by atoms with E-state index in [1.165, 1.54) is 5.56 Å². The van der Waals surface area contributed by atoms with Crippen molar-refractivity contribution in [2.75, 3.05) is 32.6 Å². The summed E-state index contributed by atoms with van der Waals surface area (Å²) in [6.07, 6.45) is 3.55. The van der Waals surface area contributed by atoms with Gasteiger partial charge in [0.1, 0.15) is 11.6 Å². The van der Waals surface area contributed by atoms with Crippen molar-refractivity contribution < 1.29 is 14.3 Å². The summed E-state index contributed by atoms with van der Waals surface area (Å²) in [5, 5.41) is 2.88. The van der Waals surface area contributed by atoms with Gasteiger partial charge in [0.15, 0.2) is 0 Å². The van der Waals surface area contributed by atoms with Crippen LogP contribution in [0.3, 0.4) is 0 Å². The molecule has 0 bridgehead atoms. The van der Waals surface area contributed by atoms with Gasteiger partial charge in [0.2, 0.25) is 11.8 Å². The summed E-state index contributed by atoms with van der Waals surface area (Å²) >= 11 is 5.53. The van der Waals surface area contributed by atoms with Gasteiger partial charge in [0.05, 0.1) is 7.11 Å². The van der Waals surface area contributed by atoms with Gasteiger partial charge in [-0.15, -0.1) is 11.6 Å². The van der Waals surface area contributed by atoms with Gasteiger partial charge in [-0.1, -0.05) is 19.1 Å². The third-order valence-corrected chi connectivity index (χ3v) is 6.30. The molecule has 2 atom stereocenters. The van der Waals surface area contributed by atoms with Crippen LogP contribution in [0.4, 0.5) is 0 Å². The second-order valence-electron chi connectivity index (χ2n) is 8.18. The van der Waals surface area contributed by atoms with Crippen molar-refractivity contribution >= 4 is 23.4 Å². The Hall–Kier alpha value is -1.75. The van der Waals surface area contributed by atoms with Crippen molar-refractivity contribution in [2.45, 2.75) is 38.5 Å². The second-order valence-corrected chi connectivity index (χ2v) is 8.45. The zero-order valence-electron chi connectivity index (χ0n) is 16.2. The molecule has 6 heteroatoms. The van der Waals surface area contributed by atoms with Crippen LogP contribution in [-0.4, -0.2) is 49.3 Å². The summed E-state index contributed by atoms with van der Waals surface area (Å²) in [6.45, 7) is 4.34. The molecule has 0 radical (unpaired) electrons. The van der Waals surface area contributed by atoms with E-state index >= 15 is 0 Å². The first-order chi connectivity index (χ1) is 12.9. The van der Waals surface area contributed by atoms with Crippen LogP contribution in [0.1, 0.15) is 44.1 Å². The van der Waals surface area contributed by atoms with Crippen LogP contribution in [0.2, 0.25) is 0 Å². The monoisotopic (exact) mass is 392 g/mol. The Labute approximate surface area is 166 Å². The fourth-order valence-electron chi connectivity index (χ4n) is 3.92. The van der Waals surface area contributed by atoms with Crippen LogP contribution in [0.5, 0.6) is 5.75 Å². The number of nitrogens with one attached hydrogen (secondary N) is 1. The molecular formula is C21H29ClN2O3. The van der Waals surface area contributed by atoms with Gasteiger partial charge in [-0.25, -0.2) is 0 Å². The van der Waals surface area contributed by atoms with Gasteiger partial charge < -0.3 is 15.0 Å². The molecular weight excluding hydrogens is 364 g/mol. The van der Waals surface area contributed by atoms with Crippen molar-refractivity contribution in [3.05, 3.63) is 29.8 Å². The molecule has 2 aliphatic rings. The predicted molar refractivity (Wildman–Crippen MR) is 106 cm³/mol. The van der Waals surface area contributed by atoms with E-state index in [1.807, 2.05) is 17.0 Å². The van der Waals surface area contributed by atoms with E-state index < -0.39 is 0 Å². The van der Waals surface area contributed by atoms with Crippen molar-refractivity contribution in [2.24, 2.45) is 11.3 Å². The molecule has 0 unspecified atom stereocenters. The molecule has 27 heavy (non-hydrogen) atoms. The maximum absolute atomic E-state index is 12.7. The van der Waals surface area contributed by atoms with E-state index in [2.05, 4.69) is 24.4 Å². The van der Waals surface area contributed by atoms with Crippen LogP contribution in [0.25, 0.3) is 0 Å². The van der Waals surface area contributed by atoms with Gasteiger partial charge in [0, 0.05) is 26.1 Å². The first-order valence-corrected chi connectivity index (χ1v) is 10.2. The maximum Gasteiger partial charge on any atom is 0.234 e. The minimum Gasteiger partial charge on any atom is -0.497 e. The highest BCUT2D eigenvalue weighted by Gasteiger charge is 2.41. The van der Waals surface area contributed by atoms with Crippen molar-refractivity contribution in [3.8, 4) is 5.75 Å². The van der Waals surface area contributed by atoms with Gasteiger partial charge >= 0.3 is 0 Å². The molecule has 1 heterocycles. The van der Waals surface area contributed by atoms with Crippen LogP contribution in [-0.2, 0) is 9.59 Å². The lowest BCUT2D eigenvalue weighted by Crippen LogP contribution is -2.46. The lowest BCUT2D eigenvalue weighted by atomic mass is 9.80. The third-order valence-electron chi connectivity index (χ3n) is 6.06. The number of ether oxygens (including phenoxy) is 1. The van der Waals surface area contributed by atoms with Crippen LogP contribution >= 0.6 is 11.6 Å². The topological polar surface area (TPSA) is 58.6 Å². The summed E-state index contributed by atoms with van der Waals surface area (Å²) in [6, 6.07) is 8.19. The number of carbonyl (C=O) groups excluding carboxylic acids is 2. The van der Waals surface area contributed by atoms with Gasteiger partial charge in [-0.2, -0.15) is 0 Å². The first kappa shape index (κ1) is 20.0. The van der Waals surface area contributed by atoms with E-state index in [4.69, 9.17) is 16.3 Å². The summed E-state index contributed by atoms with van der Waals surface area (Å²) in [4.78, 5) is 26.0. The number of methoxy groups -OCH3 is 1. The number of rotatable bonds is 7. The number of hydrogen-bond donors (Lipinski definition) is 1. The number of piperidine rings is 1. The van der Waals surface area contributed by atoms with E-state index in [9.17, 15) is 9.59 Å². The molecule has 1 N–H and O–H groups in total. The Balaban J connectivity index is 1.43. The van der Waals surface area contributed by atoms with Crippen molar-refractivity contribution in [1.82, 2.24) is 10.2 Å². The normalized spacial score (nSPS) is 23.6. The summed E-state index contributed by atoms with van der Waals surface area (Å²) in [5.41, 5.74) is 1.35. The molecule has 1 saturated heterocycles. The summed E-state index contributed by atoms with van der Waals surface area (Å²) in [7, 11) is 1.67. The number of hydrogen-bond acceptors (Lipinski definition) is 3. The molecule has 148 valence electrons.